The van der Waals surface area contributed by atoms with Crippen LogP contribution in [0.2, 0.25) is 0 Å². The van der Waals surface area contributed by atoms with E-state index in [2.05, 4.69) is 22.1 Å². The van der Waals surface area contributed by atoms with E-state index in [-0.39, 0.29) is 5.91 Å². The molecule has 0 aliphatic rings. The SMILES string of the molecule is Cc1ccnc(NC(=O)c2ccc(C#CCN)cc2)c1. The zero-order chi connectivity index (χ0) is 14.4. The number of aryl methyl sites for hydroxylation is 1. The fourth-order valence-electron chi connectivity index (χ4n) is 1.65. The Bertz CT molecular complexity index is 666. The summed E-state index contributed by atoms with van der Waals surface area (Å²) < 4.78 is 0. The number of aromatic nitrogens is 1. The number of amides is 1. The van der Waals surface area contributed by atoms with Crippen molar-refractivity contribution < 1.29 is 4.79 Å². The van der Waals surface area contributed by atoms with Gasteiger partial charge in [0.05, 0.1) is 6.54 Å². The predicted molar refractivity (Wildman–Crippen MR) is 79.3 cm³/mol. The number of nitrogens with zero attached hydrogens (tertiary/aromatic N) is 1. The molecule has 1 amide bonds. The number of benzene rings is 1. The van der Waals surface area contributed by atoms with Gasteiger partial charge in [0.2, 0.25) is 0 Å². The van der Waals surface area contributed by atoms with Crippen molar-refractivity contribution in [1.82, 2.24) is 4.98 Å². The van der Waals surface area contributed by atoms with Gasteiger partial charge < -0.3 is 11.1 Å². The van der Waals surface area contributed by atoms with Crippen molar-refractivity contribution in [1.29, 1.82) is 0 Å². The number of rotatable bonds is 2. The number of hydrogen-bond acceptors (Lipinski definition) is 3. The topological polar surface area (TPSA) is 68.0 Å². The van der Waals surface area contributed by atoms with Gasteiger partial charge in [-0.1, -0.05) is 11.8 Å². The fourth-order valence-corrected chi connectivity index (χ4v) is 1.65. The summed E-state index contributed by atoms with van der Waals surface area (Å²) in [4.78, 5) is 16.1. The summed E-state index contributed by atoms with van der Waals surface area (Å²) in [6.45, 7) is 2.27. The molecule has 0 atom stereocenters. The summed E-state index contributed by atoms with van der Waals surface area (Å²) in [6, 6.07) is 10.7. The molecule has 0 unspecified atom stereocenters. The number of carbonyl (C=O) groups excluding carboxylic acids is 1. The van der Waals surface area contributed by atoms with Crippen LogP contribution in [0, 0.1) is 18.8 Å². The van der Waals surface area contributed by atoms with Gasteiger partial charge in [0, 0.05) is 17.3 Å². The van der Waals surface area contributed by atoms with E-state index < -0.39 is 0 Å². The van der Waals surface area contributed by atoms with E-state index in [0.717, 1.165) is 11.1 Å². The molecule has 2 rings (SSSR count). The molecule has 1 aromatic carbocycles. The smallest absolute Gasteiger partial charge is 0.256 e. The van der Waals surface area contributed by atoms with Crippen molar-refractivity contribution in [3.05, 3.63) is 59.3 Å². The Kier molecular flexibility index (Phi) is 4.48. The highest BCUT2D eigenvalue weighted by molar-refractivity contribution is 6.03. The first-order chi connectivity index (χ1) is 9.69. The molecule has 1 heterocycles. The molecule has 0 spiro atoms. The lowest BCUT2D eigenvalue weighted by Crippen LogP contribution is -2.12. The number of nitrogens with two attached hydrogens (primary N) is 1. The largest absolute Gasteiger partial charge is 0.320 e. The van der Waals surface area contributed by atoms with Crippen LogP contribution < -0.4 is 11.1 Å². The van der Waals surface area contributed by atoms with Crippen molar-refractivity contribution in [3.8, 4) is 11.8 Å². The first-order valence-electron chi connectivity index (χ1n) is 6.22. The van der Waals surface area contributed by atoms with Crippen LogP contribution in [0.25, 0.3) is 0 Å². The van der Waals surface area contributed by atoms with E-state index in [9.17, 15) is 4.79 Å². The molecular weight excluding hydrogens is 250 g/mol. The number of carbonyl (C=O) groups is 1. The van der Waals surface area contributed by atoms with E-state index in [0.29, 0.717) is 17.9 Å². The third-order valence-electron chi connectivity index (χ3n) is 2.64. The average Bonchev–Trinajstić information content (AvgIpc) is 2.45. The minimum Gasteiger partial charge on any atom is -0.320 e. The molecule has 2 aromatic rings. The molecule has 4 nitrogen and oxygen atoms in total. The third kappa shape index (κ3) is 3.67. The van der Waals surface area contributed by atoms with Gasteiger partial charge in [-0.2, -0.15) is 0 Å². The van der Waals surface area contributed by atoms with Crippen molar-refractivity contribution in [2.24, 2.45) is 5.73 Å². The lowest BCUT2D eigenvalue weighted by molar-refractivity contribution is 0.102. The standard InChI is InChI=1S/C16H15N3O/c1-12-8-10-18-15(11-12)19-16(20)14-6-4-13(5-7-14)3-2-9-17/h4-8,10-11H,9,17H2,1H3,(H,18,19,20). The molecule has 0 bridgehead atoms. The summed E-state index contributed by atoms with van der Waals surface area (Å²) in [6.07, 6.45) is 1.66. The number of nitrogens with one attached hydrogen (secondary N) is 1. The van der Waals surface area contributed by atoms with Crippen molar-refractivity contribution in [2.45, 2.75) is 6.92 Å². The maximum absolute atomic E-state index is 12.0. The Balaban J connectivity index is 2.09. The summed E-state index contributed by atoms with van der Waals surface area (Å²) in [5, 5.41) is 2.76. The quantitative estimate of drug-likeness (QED) is 0.815. The molecule has 0 aliphatic carbocycles. The summed E-state index contributed by atoms with van der Waals surface area (Å²) in [5.74, 6) is 6.03. The average molecular weight is 265 g/mol. The minimum atomic E-state index is -0.193. The van der Waals surface area contributed by atoms with Gasteiger partial charge >= 0.3 is 0 Å². The molecule has 4 heteroatoms. The van der Waals surface area contributed by atoms with Crippen LogP contribution in [0.15, 0.2) is 42.6 Å². The second kappa shape index (κ2) is 6.50. The van der Waals surface area contributed by atoms with Gasteiger partial charge in [-0.3, -0.25) is 4.79 Å². The number of hydrogen-bond donors (Lipinski definition) is 2. The van der Waals surface area contributed by atoms with Gasteiger partial charge in [-0.25, -0.2) is 4.98 Å². The predicted octanol–water partition coefficient (Wildman–Crippen LogP) is 1.95. The van der Waals surface area contributed by atoms with E-state index >= 15 is 0 Å². The zero-order valence-corrected chi connectivity index (χ0v) is 11.2. The maximum atomic E-state index is 12.0. The Morgan fingerprint density at radius 2 is 2.05 bits per heavy atom. The third-order valence-corrected chi connectivity index (χ3v) is 2.64. The highest BCUT2D eigenvalue weighted by atomic mass is 16.1. The van der Waals surface area contributed by atoms with Gasteiger partial charge in [-0.15, -0.1) is 0 Å². The molecule has 20 heavy (non-hydrogen) atoms. The Morgan fingerprint density at radius 1 is 1.30 bits per heavy atom. The zero-order valence-electron chi connectivity index (χ0n) is 11.2. The van der Waals surface area contributed by atoms with Gasteiger partial charge in [0.15, 0.2) is 0 Å². The van der Waals surface area contributed by atoms with Gasteiger partial charge in [-0.05, 0) is 48.9 Å². The lowest BCUT2D eigenvalue weighted by atomic mass is 10.1. The minimum absolute atomic E-state index is 0.193. The van der Waals surface area contributed by atoms with Crippen LogP contribution in [0.1, 0.15) is 21.5 Å². The Hall–Kier alpha value is -2.64. The fraction of sp³-hybridized carbons (Fsp3) is 0.125. The van der Waals surface area contributed by atoms with E-state index in [1.54, 1.807) is 30.5 Å². The highest BCUT2D eigenvalue weighted by Gasteiger charge is 2.06. The summed E-state index contributed by atoms with van der Waals surface area (Å²) >= 11 is 0. The van der Waals surface area contributed by atoms with Crippen LogP contribution >= 0.6 is 0 Å². The molecule has 100 valence electrons. The maximum Gasteiger partial charge on any atom is 0.256 e. The summed E-state index contributed by atoms with van der Waals surface area (Å²) in [5.41, 5.74) is 7.75. The van der Waals surface area contributed by atoms with E-state index in [4.69, 9.17) is 5.73 Å². The molecule has 3 N–H and O–H groups in total. The molecule has 1 aromatic heterocycles. The molecular formula is C16H15N3O. The van der Waals surface area contributed by atoms with Gasteiger partial charge in [0.1, 0.15) is 5.82 Å². The molecule has 0 saturated carbocycles. The second-order valence-electron chi connectivity index (χ2n) is 4.26. The van der Waals surface area contributed by atoms with Crippen molar-refractivity contribution >= 4 is 11.7 Å². The van der Waals surface area contributed by atoms with E-state index in [1.165, 1.54) is 0 Å². The van der Waals surface area contributed by atoms with Crippen LogP contribution in [0.3, 0.4) is 0 Å². The second-order valence-corrected chi connectivity index (χ2v) is 4.26. The number of pyridine rings is 1. The first kappa shape index (κ1) is 13.8. The summed E-state index contributed by atoms with van der Waals surface area (Å²) in [7, 11) is 0. The van der Waals surface area contributed by atoms with Crippen LogP contribution in [0.5, 0.6) is 0 Å². The van der Waals surface area contributed by atoms with Crippen LogP contribution in [0.4, 0.5) is 5.82 Å². The first-order valence-corrected chi connectivity index (χ1v) is 6.22. The molecule has 0 aliphatic heterocycles. The van der Waals surface area contributed by atoms with E-state index in [1.807, 2.05) is 19.1 Å². The van der Waals surface area contributed by atoms with Crippen molar-refractivity contribution in [2.75, 3.05) is 11.9 Å². The highest BCUT2D eigenvalue weighted by Crippen LogP contribution is 2.09. The number of anilines is 1. The van der Waals surface area contributed by atoms with Crippen LogP contribution in [-0.2, 0) is 0 Å². The van der Waals surface area contributed by atoms with Crippen LogP contribution in [-0.4, -0.2) is 17.4 Å². The molecule has 0 radical (unpaired) electrons. The monoisotopic (exact) mass is 265 g/mol. The van der Waals surface area contributed by atoms with Gasteiger partial charge in [0.25, 0.3) is 5.91 Å². The molecule has 0 saturated heterocycles. The Labute approximate surface area is 118 Å². The van der Waals surface area contributed by atoms with Crippen molar-refractivity contribution in [3.63, 3.8) is 0 Å². The Morgan fingerprint density at radius 3 is 2.70 bits per heavy atom. The molecule has 0 fully saturated rings. The lowest BCUT2D eigenvalue weighted by Gasteiger charge is -2.05. The normalized spacial score (nSPS) is 9.50.